The number of likely N-dealkylation sites (N-methyl/N-ethyl adjacent to an activating group) is 2. The average Bonchev–Trinajstić information content (AvgIpc) is 2.18. The molecule has 0 spiro atoms. The van der Waals surface area contributed by atoms with Crippen LogP contribution in [0, 0.1) is 0 Å². The SMILES string of the molecule is CNC(C(=O)O)(C(=O)O)N(C)C(N)(O)OC. The van der Waals surface area contributed by atoms with Gasteiger partial charge in [-0.15, -0.1) is 0 Å². The summed E-state index contributed by atoms with van der Waals surface area (Å²) in [5.74, 6) is -3.49. The molecule has 0 rings (SSSR count). The van der Waals surface area contributed by atoms with Crippen molar-refractivity contribution >= 4 is 11.9 Å². The van der Waals surface area contributed by atoms with Crippen LogP contribution < -0.4 is 11.1 Å². The minimum absolute atomic E-state index is 0.435. The lowest BCUT2D eigenvalue weighted by atomic mass is 10.1. The van der Waals surface area contributed by atoms with Crippen LogP contribution in [0.5, 0.6) is 0 Å². The van der Waals surface area contributed by atoms with Gasteiger partial charge in [0.1, 0.15) is 0 Å². The first-order chi connectivity index (χ1) is 7.16. The van der Waals surface area contributed by atoms with Crippen molar-refractivity contribution < 1.29 is 29.6 Å². The molecule has 0 amide bonds. The molecule has 0 saturated carbocycles. The summed E-state index contributed by atoms with van der Waals surface area (Å²) < 4.78 is 4.40. The average molecular weight is 237 g/mol. The van der Waals surface area contributed by atoms with Crippen molar-refractivity contribution in [3.05, 3.63) is 0 Å². The molecule has 0 aliphatic rings. The molecule has 0 bridgehead atoms. The zero-order valence-electron chi connectivity index (χ0n) is 9.09. The monoisotopic (exact) mass is 237 g/mol. The molecule has 6 N–H and O–H groups in total. The van der Waals surface area contributed by atoms with E-state index in [1.54, 1.807) is 0 Å². The Kier molecular flexibility index (Phi) is 4.35. The normalized spacial score (nSPS) is 15.9. The topological polar surface area (TPSA) is 145 Å². The lowest BCUT2D eigenvalue weighted by Gasteiger charge is -2.40. The van der Waals surface area contributed by atoms with Crippen LogP contribution in [-0.4, -0.2) is 65.1 Å². The van der Waals surface area contributed by atoms with E-state index in [0.29, 0.717) is 4.90 Å². The Morgan fingerprint density at radius 1 is 1.38 bits per heavy atom. The van der Waals surface area contributed by atoms with Gasteiger partial charge in [-0.25, -0.2) is 14.5 Å². The van der Waals surface area contributed by atoms with E-state index in [-0.39, 0.29) is 0 Å². The Labute approximate surface area is 91.4 Å². The lowest BCUT2D eigenvalue weighted by Crippen LogP contribution is -2.75. The third-order valence-electron chi connectivity index (χ3n) is 2.26. The third kappa shape index (κ3) is 2.13. The number of nitrogens with zero attached hydrogens (tertiary/aromatic N) is 1. The van der Waals surface area contributed by atoms with Crippen molar-refractivity contribution in [3.63, 3.8) is 0 Å². The lowest BCUT2D eigenvalue weighted by molar-refractivity contribution is -0.295. The van der Waals surface area contributed by atoms with Crippen LogP contribution >= 0.6 is 0 Å². The number of hydrogen-bond donors (Lipinski definition) is 5. The maximum absolute atomic E-state index is 11.0. The zero-order chi connectivity index (χ0) is 13.1. The molecule has 0 aliphatic carbocycles. The number of rotatable bonds is 6. The predicted octanol–water partition coefficient (Wildman–Crippen LogP) is -2.79. The Morgan fingerprint density at radius 2 is 1.75 bits per heavy atom. The van der Waals surface area contributed by atoms with Gasteiger partial charge < -0.3 is 20.1 Å². The molecule has 0 heterocycles. The molecule has 0 saturated heterocycles. The van der Waals surface area contributed by atoms with Crippen LogP contribution in [0.3, 0.4) is 0 Å². The van der Waals surface area contributed by atoms with E-state index in [9.17, 15) is 14.7 Å². The summed E-state index contributed by atoms with van der Waals surface area (Å²) in [4.78, 5) is 22.4. The number of carboxylic acids is 2. The van der Waals surface area contributed by atoms with Gasteiger partial charge in [0.2, 0.25) is 0 Å². The van der Waals surface area contributed by atoms with Crippen molar-refractivity contribution in [2.24, 2.45) is 5.73 Å². The number of carboxylic acid groups (broad SMARTS) is 2. The largest absolute Gasteiger partial charge is 0.478 e. The highest BCUT2D eigenvalue weighted by Gasteiger charge is 2.55. The summed E-state index contributed by atoms with van der Waals surface area (Å²) in [7, 11) is 3.09. The molecule has 0 fully saturated rings. The van der Waals surface area contributed by atoms with Gasteiger partial charge in [0, 0.05) is 7.11 Å². The Balaban J connectivity index is 5.52. The molecule has 0 radical (unpaired) electrons. The number of hydrogen-bond acceptors (Lipinski definition) is 7. The van der Waals surface area contributed by atoms with Gasteiger partial charge in [-0.05, 0) is 14.1 Å². The summed E-state index contributed by atoms with van der Waals surface area (Å²) in [6.45, 7) is 0. The van der Waals surface area contributed by atoms with Crippen molar-refractivity contribution in [1.29, 1.82) is 0 Å². The van der Waals surface area contributed by atoms with Crippen molar-refractivity contribution in [1.82, 2.24) is 10.2 Å². The number of methoxy groups -OCH3 is 1. The van der Waals surface area contributed by atoms with E-state index >= 15 is 0 Å². The second kappa shape index (κ2) is 4.72. The molecule has 0 aromatic heterocycles. The highest BCUT2D eigenvalue weighted by molar-refractivity contribution is 6.02. The van der Waals surface area contributed by atoms with Gasteiger partial charge in [-0.2, -0.15) is 0 Å². The van der Waals surface area contributed by atoms with Gasteiger partial charge in [0.25, 0.3) is 11.7 Å². The second-order valence-electron chi connectivity index (χ2n) is 2.99. The van der Waals surface area contributed by atoms with Crippen LogP contribution in [-0.2, 0) is 14.3 Å². The summed E-state index contributed by atoms with van der Waals surface area (Å²) in [5.41, 5.74) is 2.59. The van der Waals surface area contributed by atoms with Crippen LogP contribution in [0.25, 0.3) is 0 Å². The number of ether oxygens (including phenoxy) is 1. The first kappa shape index (κ1) is 14.7. The Morgan fingerprint density at radius 3 is 1.94 bits per heavy atom. The maximum atomic E-state index is 11.0. The molecule has 16 heavy (non-hydrogen) atoms. The Bertz CT molecular complexity index is 278. The van der Waals surface area contributed by atoms with Gasteiger partial charge in [0.15, 0.2) is 0 Å². The molecule has 9 heteroatoms. The number of nitrogens with one attached hydrogen (secondary N) is 1. The van der Waals surface area contributed by atoms with Crippen molar-refractivity contribution in [3.8, 4) is 0 Å². The molecule has 9 nitrogen and oxygen atoms in total. The van der Waals surface area contributed by atoms with Crippen molar-refractivity contribution in [2.75, 3.05) is 21.2 Å². The van der Waals surface area contributed by atoms with Crippen LogP contribution in [0.4, 0.5) is 0 Å². The van der Waals surface area contributed by atoms with Gasteiger partial charge in [-0.3, -0.25) is 11.1 Å². The van der Waals surface area contributed by atoms with Gasteiger partial charge in [0.05, 0.1) is 0 Å². The van der Waals surface area contributed by atoms with E-state index < -0.39 is 23.6 Å². The van der Waals surface area contributed by atoms with Crippen molar-refractivity contribution in [2.45, 2.75) is 11.7 Å². The van der Waals surface area contributed by atoms with E-state index in [1.165, 1.54) is 0 Å². The highest BCUT2D eigenvalue weighted by Crippen LogP contribution is 2.17. The predicted molar refractivity (Wildman–Crippen MR) is 51.0 cm³/mol. The first-order valence-electron chi connectivity index (χ1n) is 4.12. The number of carbonyl (C=O) groups is 2. The fourth-order valence-corrected chi connectivity index (χ4v) is 1.14. The molecule has 0 aromatic carbocycles. The van der Waals surface area contributed by atoms with E-state index in [1.807, 2.05) is 0 Å². The fourth-order valence-electron chi connectivity index (χ4n) is 1.14. The number of nitrogens with two attached hydrogens (primary N) is 1. The van der Waals surface area contributed by atoms with E-state index in [0.717, 1.165) is 21.2 Å². The molecule has 1 unspecified atom stereocenters. The third-order valence-corrected chi connectivity index (χ3v) is 2.26. The number of aliphatic carboxylic acids is 2. The molecular weight excluding hydrogens is 222 g/mol. The van der Waals surface area contributed by atoms with Gasteiger partial charge >= 0.3 is 11.9 Å². The quantitative estimate of drug-likeness (QED) is 0.244. The fraction of sp³-hybridized carbons (Fsp3) is 0.714. The molecule has 94 valence electrons. The molecule has 1 atom stereocenters. The van der Waals surface area contributed by atoms with E-state index in [2.05, 4.69) is 10.1 Å². The second-order valence-corrected chi connectivity index (χ2v) is 2.99. The van der Waals surface area contributed by atoms with Crippen LogP contribution in [0.15, 0.2) is 0 Å². The minimum atomic E-state index is -2.60. The molecule has 0 aromatic rings. The van der Waals surface area contributed by atoms with Gasteiger partial charge in [-0.1, -0.05) is 0 Å². The molecule has 0 aliphatic heterocycles. The Hall–Kier alpha value is -1.26. The first-order valence-corrected chi connectivity index (χ1v) is 4.12. The van der Waals surface area contributed by atoms with Crippen LogP contribution in [0.2, 0.25) is 0 Å². The number of aliphatic hydroxyl groups is 1. The summed E-state index contributed by atoms with van der Waals surface area (Å²) >= 11 is 0. The summed E-state index contributed by atoms with van der Waals surface area (Å²) in [6, 6.07) is -2.54. The smallest absolute Gasteiger partial charge is 0.351 e. The van der Waals surface area contributed by atoms with E-state index in [4.69, 9.17) is 15.9 Å². The standard InChI is InChI=1S/C7H15N3O6/c1-9-6(4(11)12,5(13)14)10(2)7(8,15)16-3/h9,15H,8H2,1-3H3,(H,11,12)(H,13,14). The highest BCUT2D eigenvalue weighted by atomic mass is 16.7. The minimum Gasteiger partial charge on any atom is -0.478 e. The zero-order valence-corrected chi connectivity index (χ0v) is 9.09. The molecular formula is C7H15N3O6. The van der Waals surface area contributed by atoms with Crippen LogP contribution in [0.1, 0.15) is 0 Å². The maximum Gasteiger partial charge on any atom is 0.351 e. The summed E-state index contributed by atoms with van der Waals surface area (Å²) in [6.07, 6.45) is 0. The summed E-state index contributed by atoms with van der Waals surface area (Å²) in [5, 5.41) is 29.4.